The van der Waals surface area contributed by atoms with E-state index in [-0.39, 0.29) is 11.7 Å². The van der Waals surface area contributed by atoms with Gasteiger partial charge in [0, 0.05) is 25.2 Å². The molecule has 1 saturated heterocycles. The monoisotopic (exact) mass is 280 g/mol. The average molecular weight is 280 g/mol. The zero-order valence-electron chi connectivity index (χ0n) is 11.6. The predicted octanol–water partition coefficient (Wildman–Crippen LogP) is 2.31. The summed E-state index contributed by atoms with van der Waals surface area (Å²) in [5, 5.41) is 30.7. The van der Waals surface area contributed by atoms with Crippen LogP contribution in [0.15, 0.2) is 12.1 Å². The summed E-state index contributed by atoms with van der Waals surface area (Å²) < 4.78 is 0. The Morgan fingerprint density at radius 3 is 2.15 bits per heavy atom. The molecular formula is C14H20N2O4. The van der Waals surface area contributed by atoms with Crippen LogP contribution in [-0.2, 0) is 0 Å². The van der Waals surface area contributed by atoms with E-state index in [0.717, 1.165) is 6.42 Å². The van der Waals surface area contributed by atoms with Gasteiger partial charge in [0.2, 0.25) is 0 Å². The number of phenols is 3. The number of benzene rings is 1. The Bertz CT molecular complexity index is 485. The Kier molecular flexibility index (Phi) is 3.92. The molecule has 0 bridgehead atoms. The maximum absolute atomic E-state index is 12.2. The number of rotatable bonds is 1. The van der Waals surface area contributed by atoms with E-state index in [4.69, 9.17) is 0 Å². The van der Waals surface area contributed by atoms with Crippen molar-refractivity contribution in [3.63, 3.8) is 0 Å². The number of nitrogens with one attached hydrogen (secondary N) is 1. The van der Waals surface area contributed by atoms with Gasteiger partial charge in [-0.25, -0.2) is 4.79 Å². The SMILES string of the molecule is CC1CC(C)CN(C(=O)Nc2cc(O)c(O)c(O)c2)C1. The minimum absolute atomic E-state index is 0.244. The topological polar surface area (TPSA) is 93.0 Å². The number of carbonyl (C=O) groups is 1. The third-order valence-corrected chi connectivity index (χ3v) is 3.48. The van der Waals surface area contributed by atoms with Crippen LogP contribution in [0.3, 0.4) is 0 Å². The van der Waals surface area contributed by atoms with Gasteiger partial charge in [0.15, 0.2) is 17.2 Å². The molecule has 110 valence electrons. The van der Waals surface area contributed by atoms with Crippen LogP contribution >= 0.6 is 0 Å². The fraction of sp³-hybridized carbons (Fsp3) is 0.500. The molecular weight excluding hydrogens is 260 g/mol. The van der Waals surface area contributed by atoms with Crippen molar-refractivity contribution in [3.8, 4) is 17.2 Å². The summed E-state index contributed by atoms with van der Waals surface area (Å²) in [6.07, 6.45) is 1.10. The van der Waals surface area contributed by atoms with Crippen molar-refractivity contribution in [1.82, 2.24) is 4.90 Å². The summed E-state index contributed by atoms with van der Waals surface area (Å²) in [5.74, 6) is -0.637. The normalized spacial score (nSPS) is 22.6. The van der Waals surface area contributed by atoms with E-state index < -0.39 is 17.2 Å². The molecule has 6 nitrogen and oxygen atoms in total. The van der Waals surface area contributed by atoms with E-state index in [2.05, 4.69) is 19.2 Å². The first-order valence-electron chi connectivity index (χ1n) is 6.67. The Hall–Kier alpha value is -2.11. The van der Waals surface area contributed by atoms with Crippen LogP contribution in [0.4, 0.5) is 10.5 Å². The molecule has 2 rings (SSSR count). The van der Waals surface area contributed by atoms with E-state index in [1.165, 1.54) is 12.1 Å². The minimum atomic E-state index is -0.594. The largest absolute Gasteiger partial charge is 0.504 e. The first-order valence-corrected chi connectivity index (χ1v) is 6.67. The number of carbonyl (C=O) groups excluding carboxylic acids is 1. The first kappa shape index (κ1) is 14.3. The Morgan fingerprint density at radius 2 is 1.65 bits per heavy atom. The second-order valence-electron chi connectivity index (χ2n) is 5.64. The van der Waals surface area contributed by atoms with E-state index in [0.29, 0.717) is 24.9 Å². The lowest BCUT2D eigenvalue weighted by atomic mass is 9.92. The van der Waals surface area contributed by atoms with Gasteiger partial charge in [0.05, 0.1) is 5.69 Å². The molecule has 1 aliphatic rings. The van der Waals surface area contributed by atoms with Crippen molar-refractivity contribution in [3.05, 3.63) is 12.1 Å². The molecule has 1 aromatic carbocycles. The van der Waals surface area contributed by atoms with Crippen LogP contribution in [0.2, 0.25) is 0 Å². The summed E-state index contributed by atoms with van der Waals surface area (Å²) in [6.45, 7) is 5.58. The Morgan fingerprint density at radius 1 is 1.15 bits per heavy atom. The Labute approximate surface area is 117 Å². The van der Waals surface area contributed by atoms with Gasteiger partial charge in [-0.3, -0.25) is 0 Å². The number of urea groups is 1. The van der Waals surface area contributed by atoms with E-state index in [1.807, 2.05) is 0 Å². The average Bonchev–Trinajstić information content (AvgIpc) is 2.34. The maximum atomic E-state index is 12.2. The summed E-state index contributed by atoms with van der Waals surface area (Å²) in [5.41, 5.74) is 0.244. The second kappa shape index (κ2) is 5.48. The molecule has 1 aromatic rings. The van der Waals surface area contributed by atoms with Crippen molar-refractivity contribution < 1.29 is 20.1 Å². The highest BCUT2D eigenvalue weighted by Crippen LogP contribution is 2.37. The van der Waals surface area contributed by atoms with Crippen molar-refractivity contribution >= 4 is 11.7 Å². The molecule has 4 N–H and O–H groups in total. The Balaban J connectivity index is 2.08. The zero-order chi connectivity index (χ0) is 14.9. The van der Waals surface area contributed by atoms with Crippen LogP contribution < -0.4 is 5.32 Å². The molecule has 1 fully saturated rings. The van der Waals surface area contributed by atoms with Crippen molar-refractivity contribution in [2.75, 3.05) is 18.4 Å². The van der Waals surface area contributed by atoms with Gasteiger partial charge in [-0.15, -0.1) is 0 Å². The van der Waals surface area contributed by atoms with E-state index in [1.54, 1.807) is 4.90 Å². The zero-order valence-corrected chi connectivity index (χ0v) is 11.6. The predicted molar refractivity (Wildman–Crippen MR) is 75.0 cm³/mol. The maximum Gasteiger partial charge on any atom is 0.321 e. The molecule has 0 radical (unpaired) electrons. The number of hydrogen-bond donors (Lipinski definition) is 4. The molecule has 0 spiro atoms. The highest BCUT2D eigenvalue weighted by Gasteiger charge is 2.25. The number of aromatic hydroxyl groups is 3. The van der Waals surface area contributed by atoms with Gasteiger partial charge in [-0.05, 0) is 18.3 Å². The van der Waals surface area contributed by atoms with Crippen LogP contribution in [0.25, 0.3) is 0 Å². The first-order chi connectivity index (χ1) is 9.36. The number of anilines is 1. The second-order valence-corrected chi connectivity index (χ2v) is 5.64. The highest BCUT2D eigenvalue weighted by atomic mass is 16.3. The van der Waals surface area contributed by atoms with Gasteiger partial charge in [0.25, 0.3) is 0 Å². The molecule has 1 heterocycles. The van der Waals surface area contributed by atoms with Crippen LogP contribution in [0.5, 0.6) is 17.2 Å². The number of piperidine rings is 1. The van der Waals surface area contributed by atoms with Crippen LogP contribution in [-0.4, -0.2) is 39.3 Å². The molecule has 2 unspecified atom stereocenters. The molecule has 0 saturated carbocycles. The fourth-order valence-electron chi connectivity index (χ4n) is 2.71. The van der Waals surface area contributed by atoms with Crippen molar-refractivity contribution in [2.45, 2.75) is 20.3 Å². The minimum Gasteiger partial charge on any atom is -0.504 e. The molecule has 0 aromatic heterocycles. The van der Waals surface area contributed by atoms with Crippen molar-refractivity contribution in [1.29, 1.82) is 0 Å². The van der Waals surface area contributed by atoms with E-state index in [9.17, 15) is 20.1 Å². The van der Waals surface area contributed by atoms with Crippen LogP contribution in [0.1, 0.15) is 20.3 Å². The third kappa shape index (κ3) is 3.07. The number of phenolic OH excluding ortho intramolecular Hbond substituents is 3. The molecule has 1 aliphatic heterocycles. The van der Waals surface area contributed by atoms with Crippen LogP contribution in [0, 0.1) is 11.8 Å². The molecule has 20 heavy (non-hydrogen) atoms. The molecule has 2 amide bonds. The number of likely N-dealkylation sites (tertiary alicyclic amines) is 1. The quantitative estimate of drug-likeness (QED) is 0.469. The van der Waals surface area contributed by atoms with Gasteiger partial charge >= 0.3 is 6.03 Å². The van der Waals surface area contributed by atoms with Gasteiger partial charge < -0.3 is 25.5 Å². The smallest absolute Gasteiger partial charge is 0.321 e. The number of nitrogens with zero attached hydrogens (tertiary/aromatic N) is 1. The van der Waals surface area contributed by atoms with Gasteiger partial charge in [0.1, 0.15) is 0 Å². The summed E-state index contributed by atoms with van der Waals surface area (Å²) in [4.78, 5) is 13.9. The standard InChI is InChI=1S/C14H20N2O4/c1-8-3-9(2)7-16(6-8)14(20)15-10-4-11(17)13(19)12(18)5-10/h4-5,8-9,17-19H,3,6-7H2,1-2H3,(H,15,20). The third-order valence-electron chi connectivity index (χ3n) is 3.48. The number of amides is 2. The lowest BCUT2D eigenvalue weighted by molar-refractivity contribution is 0.156. The molecule has 2 atom stereocenters. The highest BCUT2D eigenvalue weighted by molar-refractivity contribution is 5.90. The molecule has 0 aliphatic carbocycles. The lowest BCUT2D eigenvalue weighted by Gasteiger charge is -2.34. The fourth-order valence-corrected chi connectivity index (χ4v) is 2.71. The summed E-state index contributed by atoms with van der Waals surface area (Å²) in [7, 11) is 0. The number of hydrogen-bond acceptors (Lipinski definition) is 4. The van der Waals surface area contributed by atoms with Crippen molar-refractivity contribution in [2.24, 2.45) is 11.8 Å². The van der Waals surface area contributed by atoms with Gasteiger partial charge in [-0.2, -0.15) is 0 Å². The van der Waals surface area contributed by atoms with E-state index >= 15 is 0 Å². The summed E-state index contributed by atoms with van der Waals surface area (Å²) in [6, 6.07) is 2.13. The summed E-state index contributed by atoms with van der Waals surface area (Å²) >= 11 is 0. The lowest BCUT2D eigenvalue weighted by Crippen LogP contribution is -2.44. The molecule has 6 heteroatoms. The van der Waals surface area contributed by atoms with Gasteiger partial charge in [-0.1, -0.05) is 13.8 Å².